The summed E-state index contributed by atoms with van der Waals surface area (Å²) < 4.78 is 32.8. The van der Waals surface area contributed by atoms with Crippen LogP contribution >= 0.6 is 23.2 Å². The highest BCUT2D eigenvalue weighted by molar-refractivity contribution is 7.89. The van der Waals surface area contributed by atoms with Crippen LogP contribution in [0.1, 0.15) is 18.4 Å². The zero-order valence-corrected chi connectivity index (χ0v) is 18.9. The van der Waals surface area contributed by atoms with E-state index in [0.717, 1.165) is 11.3 Å². The standard InChI is InChI=1S/C21H24Cl2N2O4S/c1-15-4-2-3-5-19(15)29-13-10-24-21(26)16-8-11-25(12-9-16)30(27,28)20-14-17(22)6-7-18(20)23/h2-7,14,16H,8-13H2,1H3,(H,24,26). The van der Waals surface area contributed by atoms with Crippen LogP contribution in [0.5, 0.6) is 5.75 Å². The van der Waals surface area contributed by atoms with Gasteiger partial charge in [-0.05, 0) is 49.6 Å². The monoisotopic (exact) mass is 470 g/mol. The maximum atomic E-state index is 12.9. The summed E-state index contributed by atoms with van der Waals surface area (Å²) in [5, 5.41) is 3.31. The van der Waals surface area contributed by atoms with Gasteiger partial charge >= 0.3 is 0 Å². The van der Waals surface area contributed by atoms with Crippen LogP contribution in [0, 0.1) is 12.8 Å². The number of aryl methyl sites for hydroxylation is 1. The minimum Gasteiger partial charge on any atom is -0.491 e. The summed E-state index contributed by atoms with van der Waals surface area (Å²) in [5.41, 5.74) is 1.04. The number of benzene rings is 2. The molecule has 3 rings (SSSR count). The summed E-state index contributed by atoms with van der Waals surface area (Å²) in [7, 11) is -3.75. The molecule has 1 amide bonds. The van der Waals surface area contributed by atoms with E-state index in [0.29, 0.717) is 31.0 Å². The number of halogens is 2. The maximum Gasteiger partial charge on any atom is 0.244 e. The van der Waals surface area contributed by atoms with Crippen molar-refractivity contribution < 1.29 is 17.9 Å². The highest BCUT2D eigenvalue weighted by atomic mass is 35.5. The van der Waals surface area contributed by atoms with Gasteiger partial charge in [-0.25, -0.2) is 8.42 Å². The van der Waals surface area contributed by atoms with Gasteiger partial charge in [0.05, 0.1) is 11.6 Å². The van der Waals surface area contributed by atoms with Crippen molar-refractivity contribution in [2.24, 2.45) is 5.92 Å². The second-order valence-electron chi connectivity index (χ2n) is 7.16. The smallest absolute Gasteiger partial charge is 0.244 e. The lowest BCUT2D eigenvalue weighted by atomic mass is 9.97. The third-order valence-electron chi connectivity index (χ3n) is 5.09. The Morgan fingerprint density at radius 3 is 2.57 bits per heavy atom. The van der Waals surface area contributed by atoms with Crippen LogP contribution in [0.3, 0.4) is 0 Å². The lowest BCUT2D eigenvalue weighted by Crippen LogP contribution is -2.43. The van der Waals surface area contributed by atoms with E-state index < -0.39 is 10.0 Å². The zero-order valence-electron chi connectivity index (χ0n) is 16.6. The highest BCUT2D eigenvalue weighted by Crippen LogP contribution is 2.30. The van der Waals surface area contributed by atoms with Gasteiger partial charge in [0, 0.05) is 24.0 Å². The van der Waals surface area contributed by atoms with E-state index in [1.165, 1.54) is 16.4 Å². The first-order valence-corrected chi connectivity index (χ1v) is 11.9. The SMILES string of the molecule is Cc1ccccc1OCCNC(=O)C1CCN(S(=O)(=O)c2cc(Cl)ccc2Cl)CC1. The Morgan fingerprint density at radius 2 is 1.87 bits per heavy atom. The second-order valence-corrected chi connectivity index (χ2v) is 9.91. The van der Waals surface area contributed by atoms with Gasteiger partial charge < -0.3 is 10.1 Å². The van der Waals surface area contributed by atoms with Gasteiger partial charge in [0.1, 0.15) is 17.3 Å². The van der Waals surface area contributed by atoms with Crippen molar-refractivity contribution in [2.75, 3.05) is 26.2 Å². The van der Waals surface area contributed by atoms with Crippen LogP contribution in [-0.2, 0) is 14.8 Å². The van der Waals surface area contributed by atoms with E-state index in [4.69, 9.17) is 27.9 Å². The molecule has 1 fully saturated rings. The lowest BCUT2D eigenvalue weighted by Gasteiger charge is -2.30. The average molecular weight is 471 g/mol. The van der Waals surface area contributed by atoms with Crippen LogP contribution in [0.25, 0.3) is 0 Å². The Balaban J connectivity index is 1.48. The Bertz CT molecular complexity index is 1010. The van der Waals surface area contributed by atoms with E-state index >= 15 is 0 Å². The van der Waals surface area contributed by atoms with Crippen molar-refractivity contribution in [1.29, 1.82) is 0 Å². The average Bonchev–Trinajstić information content (AvgIpc) is 2.74. The fraction of sp³-hybridized carbons (Fsp3) is 0.381. The Kier molecular flexibility index (Phi) is 7.63. The molecule has 2 aromatic carbocycles. The van der Waals surface area contributed by atoms with Crippen LogP contribution in [-0.4, -0.2) is 44.9 Å². The number of sulfonamides is 1. The number of ether oxygens (including phenoxy) is 1. The summed E-state index contributed by atoms with van der Waals surface area (Å²) in [6.45, 7) is 3.24. The number of carbonyl (C=O) groups excluding carboxylic acids is 1. The van der Waals surface area contributed by atoms with Crippen LogP contribution in [0.15, 0.2) is 47.4 Å². The van der Waals surface area contributed by atoms with E-state index in [-0.39, 0.29) is 34.8 Å². The molecule has 0 unspecified atom stereocenters. The lowest BCUT2D eigenvalue weighted by molar-refractivity contribution is -0.126. The third-order valence-corrected chi connectivity index (χ3v) is 7.70. The first-order chi connectivity index (χ1) is 14.3. The summed E-state index contributed by atoms with van der Waals surface area (Å²) in [6, 6.07) is 12.1. The van der Waals surface area contributed by atoms with Gasteiger partial charge in [-0.15, -0.1) is 0 Å². The fourth-order valence-corrected chi connectivity index (χ4v) is 5.58. The molecule has 0 aliphatic carbocycles. The van der Waals surface area contributed by atoms with E-state index in [2.05, 4.69) is 5.32 Å². The molecular weight excluding hydrogens is 447 g/mol. The van der Waals surface area contributed by atoms with Gasteiger partial charge in [-0.1, -0.05) is 41.4 Å². The van der Waals surface area contributed by atoms with Gasteiger partial charge in [-0.2, -0.15) is 4.31 Å². The van der Waals surface area contributed by atoms with Gasteiger partial charge in [0.15, 0.2) is 0 Å². The molecular formula is C21H24Cl2N2O4S. The molecule has 9 heteroatoms. The van der Waals surface area contributed by atoms with Crippen molar-refractivity contribution in [2.45, 2.75) is 24.7 Å². The summed E-state index contributed by atoms with van der Waals surface area (Å²) in [6.07, 6.45) is 0.893. The Labute approximate surface area is 187 Å². The minimum atomic E-state index is -3.75. The number of piperidine rings is 1. The highest BCUT2D eigenvalue weighted by Gasteiger charge is 2.33. The molecule has 0 spiro atoms. The Hall–Kier alpha value is -1.80. The molecule has 0 saturated carbocycles. The molecule has 1 aliphatic heterocycles. The molecule has 0 bridgehead atoms. The summed E-state index contributed by atoms with van der Waals surface area (Å²) in [4.78, 5) is 12.4. The topological polar surface area (TPSA) is 75.7 Å². The summed E-state index contributed by atoms with van der Waals surface area (Å²) in [5.74, 6) is 0.482. The number of amides is 1. The van der Waals surface area contributed by atoms with Crippen LogP contribution in [0.2, 0.25) is 10.0 Å². The third kappa shape index (κ3) is 5.46. The first-order valence-electron chi connectivity index (χ1n) is 9.70. The summed E-state index contributed by atoms with van der Waals surface area (Å²) >= 11 is 12.0. The molecule has 0 radical (unpaired) electrons. The van der Waals surface area contributed by atoms with Crippen molar-refractivity contribution in [3.8, 4) is 5.75 Å². The number of rotatable bonds is 7. The van der Waals surface area contributed by atoms with E-state index in [1.54, 1.807) is 6.07 Å². The molecule has 2 aromatic rings. The molecule has 1 saturated heterocycles. The van der Waals surface area contributed by atoms with E-state index in [9.17, 15) is 13.2 Å². The normalized spacial score (nSPS) is 15.7. The minimum absolute atomic E-state index is 0.00655. The number of hydrogen-bond acceptors (Lipinski definition) is 4. The number of hydrogen-bond donors (Lipinski definition) is 1. The fourth-order valence-electron chi connectivity index (χ4n) is 3.37. The molecule has 0 atom stereocenters. The molecule has 1 heterocycles. The van der Waals surface area contributed by atoms with Crippen molar-refractivity contribution in [3.63, 3.8) is 0 Å². The van der Waals surface area contributed by atoms with Gasteiger partial charge in [-0.3, -0.25) is 4.79 Å². The van der Waals surface area contributed by atoms with Gasteiger partial charge in [0.25, 0.3) is 0 Å². The second kappa shape index (κ2) is 10.0. The van der Waals surface area contributed by atoms with Crippen molar-refractivity contribution in [1.82, 2.24) is 9.62 Å². The molecule has 30 heavy (non-hydrogen) atoms. The van der Waals surface area contributed by atoms with Gasteiger partial charge in [0.2, 0.25) is 15.9 Å². The van der Waals surface area contributed by atoms with E-state index in [1.807, 2.05) is 31.2 Å². The quantitative estimate of drug-likeness (QED) is 0.622. The number of carbonyl (C=O) groups is 1. The largest absolute Gasteiger partial charge is 0.491 e. The predicted molar refractivity (Wildman–Crippen MR) is 118 cm³/mol. The molecule has 1 N–H and O–H groups in total. The Morgan fingerprint density at radius 1 is 1.17 bits per heavy atom. The zero-order chi connectivity index (χ0) is 21.7. The predicted octanol–water partition coefficient (Wildman–Crippen LogP) is 3.90. The number of nitrogens with one attached hydrogen (secondary N) is 1. The van der Waals surface area contributed by atoms with Crippen LogP contribution < -0.4 is 10.1 Å². The molecule has 6 nitrogen and oxygen atoms in total. The molecule has 162 valence electrons. The van der Waals surface area contributed by atoms with Crippen molar-refractivity contribution >= 4 is 39.1 Å². The first kappa shape index (κ1) is 22.9. The number of nitrogens with zero attached hydrogens (tertiary/aromatic N) is 1. The molecule has 1 aliphatic rings. The van der Waals surface area contributed by atoms with Crippen LogP contribution in [0.4, 0.5) is 0 Å². The number of para-hydroxylation sites is 1. The maximum absolute atomic E-state index is 12.9. The molecule has 0 aromatic heterocycles. The van der Waals surface area contributed by atoms with Crippen molar-refractivity contribution in [3.05, 3.63) is 58.1 Å².